The van der Waals surface area contributed by atoms with E-state index >= 15 is 0 Å². The highest BCUT2D eigenvalue weighted by molar-refractivity contribution is 6.34. The zero-order valence-corrected chi connectivity index (χ0v) is 22.2. The molecule has 5 nitrogen and oxygen atoms in total. The average Bonchev–Trinajstić information content (AvgIpc) is 3.52. The first-order valence-corrected chi connectivity index (χ1v) is 13.0. The number of likely N-dealkylation sites (tertiary alicyclic amines) is 1. The van der Waals surface area contributed by atoms with Crippen molar-refractivity contribution in [2.45, 2.75) is 39.3 Å². The third-order valence-electron chi connectivity index (χ3n) is 7.62. The maximum absolute atomic E-state index is 13.2. The van der Waals surface area contributed by atoms with Crippen molar-refractivity contribution in [3.8, 4) is 11.8 Å². The van der Waals surface area contributed by atoms with E-state index in [1.165, 1.54) is 17.5 Å². The van der Waals surface area contributed by atoms with Gasteiger partial charge in [0, 0.05) is 67.4 Å². The number of carbonyl (C=O) groups excluding carboxylic acids is 1. The molecule has 0 N–H and O–H groups in total. The minimum atomic E-state index is 0.0845. The number of aryl methyl sites for hydroxylation is 2. The molecule has 0 amide bonds. The van der Waals surface area contributed by atoms with E-state index in [-0.39, 0.29) is 11.7 Å². The number of aliphatic imine (C=N–C) groups is 2. The van der Waals surface area contributed by atoms with Crippen LogP contribution in [0.2, 0.25) is 0 Å². The van der Waals surface area contributed by atoms with E-state index in [0.717, 1.165) is 47.6 Å². The van der Waals surface area contributed by atoms with Gasteiger partial charge in [0.25, 0.3) is 0 Å². The predicted molar refractivity (Wildman–Crippen MR) is 151 cm³/mol. The first-order chi connectivity index (χ1) is 17.9. The second-order valence-corrected chi connectivity index (χ2v) is 10.5. The van der Waals surface area contributed by atoms with Crippen molar-refractivity contribution in [3.05, 3.63) is 93.8 Å². The zero-order valence-electron chi connectivity index (χ0n) is 22.2. The molecule has 0 radical (unpaired) electrons. The molecule has 37 heavy (non-hydrogen) atoms. The van der Waals surface area contributed by atoms with E-state index in [1.807, 2.05) is 37.4 Å². The van der Waals surface area contributed by atoms with Crippen molar-refractivity contribution in [2.75, 3.05) is 27.2 Å². The molecule has 188 valence electrons. The van der Waals surface area contributed by atoms with Gasteiger partial charge in [0.1, 0.15) is 0 Å². The number of hydrogen-bond donors (Lipinski definition) is 0. The van der Waals surface area contributed by atoms with E-state index in [1.54, 1.807) is 12.4 Å². The molecular formula is C32H34N4O. The van der Waals surface area contributed by atoms with Gasteiger partial charge in [-0.25, -0.2) is 0 Å². The summed E-state index contributed by atoms with van der Waals surface area (Å²) in [5.41, 5.74) is 8.16. The van der Waals surface area contributed by atoms with Crippen LogP contribution in [0, 0.1) is 31.6 Å². The van der Waals surface area contributed by atoms with E-state index in [0.29, 0.717) is 18.0 Å². The number of hydrogen-bond acceptors (Lipinski definition) is 5. The lowest BCUT2D eigenvalue weighted by atomic mass is 9.95. The smallest absolute Gasteiger partial charge is 0.167 e. The van der Waals surface area contributed by atoms with Crippen molar-refractivity contribution in [1.82, 2.24) is 9.80 Å². The molecule has 2 atom stereocenters. The molecule has 2 unspecified atom stereocenters. The van der Waals surface area contributed by atoms with Gasteiger partial charge in [-0.3, -0.25) is 19.7 Å². The van der Waals surface area contributed by atoms with E-state index in [4.69, 9.17) is 0 Å². The number of nitrogens with zero attached hydrogens (tertiary/aromatic N) is 4. The second kappa shape index (κ2) is 10.8. The number of allylic oxidation sites excluding steroid dienone is 2. The highest BCUT2D eigenvalue weighted by atomic mass is 16.1. The van der Waals surface area contributed by atoms with Crippen LogP contribution in [0.5, 0.6) is 0 Å². The molecule has 1 saturated heterocycles. The van der Waals surface area contributed by atoms with Crippen LogP contribution in [0.4, 0.5) is 0 Å². The minimum Gasteiger partial charge on any atom is -0.305 e. The number of fused-ring (bicyclic) bond motifs is 1. The largest absolute Gasteiger partial charge is 0.305 e. The molecule has 2 aromatic carbocycles. The Kier molecular flexibility index (Phi) is 7.32. The molecule has 0 aliphatic carbocycles. The van der Waals surface area contributed by atoms with Crippen molar-refractivity contribution in [2.24, 2.45) is 15.9 Å². The number of Topliss-reactive ketones (excluding diaryl/α,β-unsaturated/α-hetero) is 1. The summed E-state index contributed by atoms with van der Waals surface area (Å²) in [5, 5.41) is 0. The third-order valence-corrected chi connectivity index (χ3v) is 7.62. The maximum Gasteiger partial charge on any atom is 0.167 e. The first kappa shape index (κ1) is 25.1. The molecule has 0 aromatic heterocycles. The van der Waals surface area contributed by atoms with Crippen LogP contribution in [0.1, 0.15) is 44.6 Å². The van der Waals surface area contributed by atoms with Gasteiger partial charge in [0.15, 0.2) is 5.78 Å². The predicted octanol–water partition coefficient (Wildman–Crippen LogP) is 4.77. The summed E-state index contributed by atoms with van der Waals surface area (Å²) in [5.74, 6) is 6.75. The molecule has 3 heterocycles. The summed E-state index contributed by atoms with van der Waals surface area (Å²) >= 11 is 0. The van der Waals surface area contributed by atoms with Gasteiger partial charge < -0.3 is 4.90 Å². The number of rotatable bonds is 6. The highest BCUT2D eigenvalue weighted by Crippen LogP contribution is 2.23. The first-order valence-electron chi connectivity index (χ1n) is 13.0. The summed E-state index contributed by atoms with van der Waals surface area (Å²) in [7, 11) is 4.33. The number of ketones is 1. The summed E-state index contributed by atoms with van der Waals surface area (Å²) < 4.78 is 0. The quantitative estimate of drug-likeness (QED) is 0.433. The molecule has 5 heteroatoms. The Morgan fingerprint density at radius 1 is 1.11 bits per heavy atom. The van der Waals surface area contributed by atoms with Crippen molar-refractivity contribution in [3.63, 3.8) is 0 Å². The second-order valence-electron chi connectivity index (χ2n) is 10.5. The van der Waals surface area contributed by atoms with E-state index in [2.05, 4.69) is 70.8 Å². The molecule has 3 aliphatic heterocycles. The third kappa shape index (κ3) is 5.72. The van der Waals surface area contributed by atoms with Crippen molar-refractivity contribution < 1.29 is 4.79 Å². The Balaban J connectivity index is 1.24. The Hall–Kier alpha value is -3.59. The Morgan fingerprint density at radius 2 is 1.97 bits per heavy atom. The van der Waals surface area contributed by atoms with Crippen LogP contribution < -0.4 is 0 Å². The summed E-state index contributed by atoms with van der Waals surface area (Å²) in [6, 6.07) is 12.9. The molecule has 2 aromatic rings. The molecule has 0 spiro atoms. The topological polar surface area (TPSA) is 48.3 Å². The van der Waals surface area contributed by atoms with E-state index in [9.17, 15) is 4.79 Å². The van der Waals surface area contributed by atoms with Crippen LogP contribution in [-0.4, -0.2) is 60.7 Å². The fourth-order valence-corrected chi connectivity index (χ4v) is 5.17. The number of benzene rings is 2. The lowest BCUT2D eigenvalue weighted by Crippen LogP contribution is -2.31. The fraction of sp³-hybridized carbons (Fsp3) is 0.344. The number of carbonyl (C=O) groups is 1. The van der Waals surface area contributed by atoms with Gasteiger partial charge in [-0.1, -0.05) is 48.2 Å². The molecule has 0 bridgehead atoms. The number of likely N-dealkylation sites (N-methyl/N-ethyl adjacent to an activating group) is 1. The molecule has 3 aliphatic rings. The van der Waals surface area contributed by atoms with E-state index < -0.39 is 0 Å². The van der Waals surface area contributed by atoms with Gasteiger partial charge in [-0.2, -0.15) is 0 Å². The fourth-order valence-electron chi connectivity index (χ4n) is 5.17. The van der Waals surface area contributed by atoms with Gasteiger partial charge in [-0.05, 0) is 62.7 Å². The highest BCUT2D eigenvalue weighted by Gasteiger charge is 2.24. The summed E-state index contributed by atoms with van der Waals surface area (Å²) in [6.45, 7) is 7.40. The summed E-state index contributed by atoms with van der Waals surface area (Å²) in [6.07, 6.45) is 9.00. The van der Waals surface area contributed by atoms with Crippen molar-refractivity contribution in [1.29, 1.82) is 0 Å². The lowest BCUT2D eigenvalue weighted by Gasteiger charge is -2.21. The standard InChI is InChI=1S/C32H34N4O/c1-22-5-7-26(17-25(22)9-10-27-18-34-31-19-33-13-11-30(27)31)32(37)16-24-6-8-28(23(2)15-24)20-36-14-12-29(21-36)35(3)4/h5-8,11,13,15,17-19,29-30H,12,14,16,20-21H2,1-4H3. The molecule has 0 saturated carbocycles. The van der Waals surface area contributed by atoms with Gasteiger partial charge in [0.05, 0.1) is 11.6 Å². The monoisotopic (exact) mass is 490 g/mol. The minimum absolute atomic E-state index is 0.0845. The van der Waals surface area contributed by atoms with Crippen molar-refractivity contribution >= 4 is 17.7 Å². The lowest BCUT2D eigenvalue weighted by molar-refractivity contribution is 0.0993. The van der Waals surface area contributed by atoms with Gasteiger partial charge in [0.2, 0.25) is 0 Å². The summed E-state index contributed by atoms with van der Waals surface area (Å²) in [4.78, 5) is 26.6. The van der Waals surface area contributed by atoms with Crippen LogP contribution in [-0.2, 0) is 13.0 Å². The van der Waals surface area contributed by atoms with Crippen LogP contribution in [0.15, 0.2) is 70.4 Å². The SMILES string of the molecule is Cc1ccc(C(=O)Cc2ccc(CN3CCC(N(C)C)C3)c(C)c2)cc1C#CC1=CN=C2C=NC=CC12. The van der Waals surface area contributed by atoms with Gasteiger partial charge >= 0.3 is 0 Å². The molecule has 1 fully saturated rings. The normalized spacial score (nSPS) is 20.5. The Labute approximate surface area is 220 Å². The molecule has 5 rings (SSSR count). The van der Waals surface area contributed by atoms with Crippen LogP contribution in [0.25, 0.3) is 0 Å². The zero-order chi connectivity index (χ0) is 25.9. The average molecular weight is 491 g/mol. The Morgan fingerprint density at radius 3 is 2.76 bits per heavy atom. The van der Waals surface area contributed by atoms with Gasteiger partial charge in [-0.15, -0.1) is 0 Å². The van der Waals surface area contributed by atoms with Crippen LogP contribution >= 0.6 is 0 Å². The van der Waals surface area contributed by atoms with Crippen LogP contribution in [0.3, 0.4) is 0 Å². The maximum atomic E-state index is 13.2. The molecular weight excluding hydrogens is 456 g/mol. The Bertz CT molecular complexity index is 1400.